The second kappa shape index (κ2) is 7.76. The minimum atomic E-state index is -0.0707. The highest BCUT2D eigenvalue weighted by Crippen LogP contribution is 2.26. The number of ether oxygens (including phenoxy) is 1. The van der Waals surface area contributed by atoms with E-state index in [-0.39, 0.29) is 11.9 Å². The van der Waals surface area contributed by atoms with Crippen LogP contribution in [0.5, 0.6) is 5.75 Å². The summed E-state index contributed by atoms with van der Waals surface area (Å²) in [6, 6.07) is 7.60. The Morgan fingerprint density at radius 2 is 1.96 bits per heavy atom. The van der Waals surface area contributed by atoms with Crippen molar-refractivity contribution in [1.29, 1.82) is 0 Å². The Kier molecular flexibility index (Phi) is 5.04. The Balaban J connectivity index is 1.32. The lowest BCUT2D eigenvalue weighted by Crippen LogP contribution is -2.41. The van der Waals surface area contributed by atoms with Crippen LogP contribution in [0, 0.1) is 0 Å². The summed E-state index contributed by atoms with van der Waals surface area (Å²) in [5.74, 6) is 1.95. The van der Waals surface area contributed by atoms with Gasteiger partial charge in [0, 0.05) is 24.7 Å². The van der Waals surface area contributed by atoms with E-state index in [1.165, 1.54) is 19.2 Å². The quantitative estimate of drug-likeness (QED) is 0.879. The molecule has 7 nitrogen and oxygen atoms in total. The van der Waals surface area contributed by atoms with E-state index in [0.29, 0.717) is 12.6 Å². The zero-order chi connectivity index (χ0) is 17.8. The maximum absolute atomic E-state index is 12.6. The van der Waals surface area contributed by atoms with Crippen LogP contribution in [-0.4, -0.2) is 45.3 Å². The summed E-state index contributed by atoms with van der Waals surface area (Å²) >= 11 is 0. The van der Waals surface area contributed by atoms with E-state index in [0.717, 1.165) is 49.5 Å². The third-order valence-corrected chi connectivity index (χ3v) is 5.24. The van der Waals surface area contributed by atoms with Gasteiger partial charge in [-0.2, -0.15) is 5.10 Å². The highest BCUT2D eigenvalue weighted by atomic mass is 16.5. The molecular weight excluding hydrogens is 330 g/mol. The lowest BCUT2D eigenvalue weighted by Gasteiger charge is -2.31. The minimum Gasteiger partial charge on any atom is -0.490 e. The topological polar surface area (TPSA) is 83.1 Å². The molecule has 0 unspecified atom stereocenters. The maximum atomic E-state index is 12.6. The minimum absolute atomic E-state index is 0.0707. The number of amides is 2. The van der Waals surface area contributed by atoms with Gasteiger partial charge in [-0.3, -0.25) is 5.10 Å². The normalized spacial score (nSPS) is 20.9. The number of benzene rings is 1. The SMILES string of the molecule is O=C(Nc1ccc(OC2CCCC2)cc1)N1CCC[C@@H](c2ncn[nH]2)C1. The molecule has 0 radical (unpaired) electrons. The number of aromatic nitrogens is 3. The number of anilines is 1. The monoisotopic (exact) mass is 355 g/mol. The molecule has 1 saturated heterocycles. The molecule has 2 aliphatic rings. The Morgan fingerprint density at radius 1 is 1.15 bits per heavy atom. The van der Waals surface area contributed by atoms with Crippen LogP contribution in [-0.2, 0) is 0 Å². The molecule has 4 rings (SSSR count). The molecule has 2 N–H and O–H groups in total. The van der Waals surface area contributed by atoms with Crippen molar-refractivity contribution in [3.63, 3.8) is 0 Å². The second-order valence-corrected chi connectivity index (χ2v) is 7.13. The van der Waals surface area contributed by atoms with Crippen LogP contribution in [0.15, 0.2) is 30.6 Å². The molecular formula is C19H25N5O2. The summed E-state index contributed by atoms with van der Waals surface area (Å²) in [5.41, 5.74) is 0.788. The zero-order valence-electron chi connectivity index (χ0n) is 14.9. The van der Waals surface area contributed by atoms with Crippen LogP contribution in [0.2, 0.25) is 0 Å². The standard InChI is InChI=1S/C19H25N5O2/c25-19(24-11-3-4-14(12-24)18-20-13-21-23-18)22-15-7-9-17(10-8-15)26-16-5-1-2-6-16/h7-10,13-14,16H,1-6,11-12H2,(H,22,25)(H,20,21,23)/t14-/m1/s1. The van der Waals surface area contributed by atoms with E-state index in [9.17, 15) is 4.79 Å². The van der Waals surface area contributed by atoms with Gasteiger partial charge in [-0.15, -0.1) is 0 Å². The largest absolute Gasteiger partial charge is 0.490 e. The van der Waals surface area contributed by atoms with Crippen molar-refractivity contribution >= 4 is 11.7 Å². The van der Waals surface area contributed by atoms with Gasteiger partial charge in [0.05, 0.1) is 6.10 Å². The fourth-order valence-corrected chi connectivity index (χ4v) is 3.81. The molecule has 1 atom stereocenters. The average Bonchev–Trinajstić information content (AvgIpc) is 3.37. The molecule has 1 aromatic carbocycles. The van der Waals surface area contributed by atoms with Crippen LogP contribution >= 0.6 is 0 Å². The summed E-state index contributed by atoms with van der Waals surface area (Å²) in [6.07, 6.45) is 8.63. The van der Waals surface area contributed by atoms with Gasteiger partial charge in [-0.25, -0.2) is 9.78 Å². The molecule has 2 aromatic rings. The number of piperidine rings is 1. The second-order valence-electron chi connectivity index (χ2n) is 7.13. The average molecular weight is 355 g/mol. The number of carbonyl (C=O) groups excluding carboxylic acids is 1. The molecule has 0 spiro atoms. The van der Waals surface area contributed by atoms with Gasteiger partial charge >= 0.3 is 6.03 Å². The first kappa shape index (κ1) is 16.9. The van der Waals surface area contributed by atoms with Crippen LogP contribution in [0.25, 0.3) is 0 Å². The number of urea groups is 1. The molecule has 7 heteroatoms. The zero-order valence-corrected chi connectivity index (χ0v) is 14.9. The lowest BCUT2D eigenvalue weighted by atomic mass is 9.98. The first-order valence-electron chi connectivity index (χ1n) is 9.46. The number of hydrogen-bond donors (Lipinski definition) is 2. The predicted octanol–water partition coefficient (Wildman–Crippen LogP) is 3.54. The summed E-state index contributed by atoms with van der Waals surface area (Å²) in [7, 11) is 0. The molecule has 2 heterocycles. The molecule has 1 aromatic heterocycles. The fraction of sp³-hybridized carbons (Fsp3) is 0.526. The van der Waals surface area contributed by atoms with Crippen LogP contribution in [0.1, 0.15) is 50.3 Å². The van der Waals surface area contributed by atoms with E-state index in [1.807, 2.05) is 29.2 Å². The highest BCUT2D eigenvalue weighted by Gasteiger charge is 2.26. The molecule has 2 amide bonds. The van der Waals surface area contributed by atoms with E-state index in [1.54, 1.807) is 0 Å². The lowest BCUT2D eigenvalue weighted by molar-refractivity contribution is 0.191. The first-order valence-corrected chi connectivity index (χ1v) is 9.46. The number of likely N-dealkylation sites (tertiary alicyclic amines) is 1. The molecule has 138 valence electrons. The van der Waals surface area contributed by atoms with Crippen molar-refractivity contribution in [3.05, 3.63) is 36.4 Å². The number of nitrogens with zero attached hydrogens (tertiary/aromatic N) is 3. The number of carbonyl (C=O) groups is 1. The van der Waals surface area contributed by atoms with Crippen molar-refractivity contribution in [2.75, 3.05) is 18.4 Å². The molecule has 1 saturated carbocycles. The van der Waals surface area contributed by atoms with Gasteiger partial charge in [0.1, 0.15) is 17.9 Å². The van der Waals surface area contributed by atoms with Gasteiger partial charge in [0.15, 0.2) is 0 Å². The molecule has 1 aliphatic heterocycles. The fourth-order valence-electron chi connectivity index (χ4n) is 3.81. The summed E-state index contributed by atoms with van der Waals surface area (Å²) in [5, 5.41) is 9.81. The van der Waals surface area contributed by atoms with E-state index < -0.39 is 0 Å². The number of H-pyrrole nitrogens is 1. The molecule has 26 heavy (non-hydrogen) atoms. The van der Waals surface area contributed by atoms with Crippen LogP contribution in [0.3, 0.4) is 0 Å². The van der Waals surface area contributed by atoms with Gasteiger partial charge in [0.25, 0.3) is 0 Å². The third-order valence-electron chi connectivity index (χ3n) is 5.24. The Bertz CT molecular complexity index is 710. The number of aromatic amines is 1. The predicted molar refractivity (Wildman–Crippen MR) is 98.3 cm³/mol. The van der Waals surface area contributed by atoms with E-state index in [2.05, 4.69) is 20.5 Å². The third kappa shape index (κ3) is 3.98. The Morgan fingerprint density at radius 3 is 2.69 bits per heavy atom. The van der Waals surface area contributed by atoms with Crippen molar-refractivity contribution < 1.29 is 9.53 Å². The van der Waals surface area contributed by atoms with Crippen molar-refractivity contribution in [3.8, 4) is 5.75 Å². The molecule has 2 fully saturated rings. The molecule has 0 bridgehead atoms. The number of nitrogens with one attached hydrogen (secondary N) is 2. The van der Waals surface area contributed by atoms with Crippen LogP contribution < -0.4 is 10.1 Å². The van der Waals surface area contributed by atoms with Crippen molar-refractivity contribution in [2.24, 2.45) is 0 Å². The number of rotatable bonds is 4. The first-order chi connectivity index (χ1) is 12.8. The summed E-state index contributed by atoms with van der Waals surface area (Å²) in [6.45, 7) is 1.42. The van der Waals surface area contributed by atoms with Crippen LogP contribution in [0.4, 0.5) is 10.5 Å². The summed E-state index contributed by atoms with van der Waals surface area (Å²) < 4.78 is 5.97. The number of hydrogen-bond acceptors (Lipinski definition) is 4. The van der Waals surface area contributed by atoms with Gasteiger partial charge in [0.2, 0.25) is 0 Å². The molecule has 1 aliphatic carbocycles. The Labute approximate surface area is 153 Å². The smallest absolute Gasteiger partial charge is 0.321 e. The van der Waals surface area contributed by atoms with Gasteiger partial charge < -0.3 is 15.0 Å². The van der Waals surface area contributed by atoms with Crippen molar-refractivity contribution in [1.82, 2.24) is 20.1 Å². The Hall–Kier alpha value is -2.57. The van der Waals surface area contributed by atoms with Gasteiger partial charge in [-0.1, -0.05) is 0 Å². The maximum Gasteiger partial charge on any atom is 0.321 e. The highest BCUT2D eigenvalue weighted by molar-refractivity contribution is 5.89. The summed E-state index contributed by atoms with van der Waals surface area (Å²) in [4.78, 5) is 18.7. The van der Waals surface area contributed by atoms with Gasteiger partial charge in [-0.05, 0) is 62.8 Å². The van der Waals surface area contributed by atoms with E-state index in [4.69, 9.17) is 4.74 Å². The van der Waals surface area contributed by atoms with Crippen molar-refractivity contribution in [2.45, 2.75) is 50.5 Å². The van der Waals surface area contributed by atoms with E-state index >= 15 is 0 Å².